The Balaban J connectivity index is 2.15. The maximum absolute atomic E-state index is 12.1. The van der Waals surface area contributed by atoms with Crippen LogP contribution >= 0.6 is 0 Å². The molecule has 2 unspecified atom stereocenters. The lowest BCUT2D eigenvalue weighted by Crippen LogP contribution is -2.55. The van der Waals surface area contributed by atoms with E-state index in [9.17, 15) is 14.7 Å². The zero-order chi connectivity index (χ0) is 14.0. The van der Waals surface area contributed by atoms with Gasteiger partial charge in [0.25, 0.3) is 5.91 Å². The average molecular weight is 266 g/mol. The van der Waals surface area contributed by atoms with Gasteiger partial charge in [0.1, 0.15) is 5.76 Å². The predicted molar refractivity (Wildman–Crippen MR) is 66.7 cm³/mol. The van der Waals surface area contributed by atoms with Crippen molar-refractivity contribution >= 4 is 11.9 Å². The predicted octanol–water partition coefficient (Wildman–Crippen LogP) is 1.75. The Kier molecular flexibility index (Phi) is 3.59. The Hall–Kier alpha value is -1.85. The highest BCUT2D eigenvalue weighted by molar-refractivity contribution is 5.93. The van der Waals surface area contributed by atoms with Gasteiger partial charge in [-0.05, 0) is 26.7 Å². The number of carbonyl (C=O) groups is 2. The minimum Gasteiger partial charge on any atom is -0.481 e. The second kappa shape index (κ2) is 5.03. The van der Waals surface area contributed by atoms with Gasteiger partial charge >= 0.3 is 5.97 Å². The molecule has 1 saturated carbocycles. The van der Waals surface area contributed by atoms with Crippen LogP contribution in [0.4, 0.5) is 0 Å². The molecule has 1 aromatic heterocycles. The third-order valence-corrected chi connectivity index (χ3v) is 3.77. The van der Waals surface area contributed by atoms with Crippen LogP contribution in [0, 0.1) is 12.8 Å². The highest BCUT2D eigenvalue weighted by Gasteiger charge is 2.42. The first kappa shape index (κ1) is 13.6. The van der Waals surface area contributed by atoms with Gasteiger partial charge in [-0.3, -0.25) is 9.59 Å². The van der Waals surface area contributed by atoms with E-state index in [0.29, 0.717) is 18.6 Å². The Morgan fingerprint density at radius 3 is 2.84 bits per heavy atom. The molecule has 2 atom stereocenters. The highest BCUT2D eigenvalue weighted by atomic mass is 16.5. The van der Waals surface area contributed by atoms with E-state index in [1.54, 1.807) is 13.8 Å². The zero-order valence-corrected chi connectivity index (χ0v) is 11.1. The van der Waals surface area contributed by atoms with Gasteiger partial charge in [0.15, 0.2) is 5.69 Å². The number of hydrogen-bond donors (Lipinski definition) is 2. The Labute approximate surface area is 111 Å². The van der Waals surface area contributed by atoms with Crippen molar-refractivity contribution in [2.75, 3.05) is 0 Å². The first-order chi connectivity index (χ1) is 8.92. The molecule has 0 aliphatic heterocycles. The Morgan fingerprint density at radius 2 is 2.26 bits per heavy atom. The molecular formula is C13H18N2O4. The summed E-state index contributed by atoms with van der Waals surface area (Å²) in [6.45, 7) is 3.49. The molecule has 6 nitrogen and oxygen atoms in total. The van der Waals surface area contributed by atoms with Crippen molar-refractivity contribution in [2.45, 2.75) is 45.1 Å². The normalized spacial score (nSPS) is 26.9. The number of nitrogens with zero attached hydrogens (tertiary/aromatic N) is 1. The summed E-state index contributed by atoms with van der Waals surface area (Å²) in [6, 6.07) is 1.54. The second-order valence-corrected chi connectivity index (χ2v) is 5.33. The molecular weight excluding hydrogens is 248 g/mol. The number of carboxylic acids is 1. The van der Waals surface area contributed by atoms with Crippen LogP contribution in [0.25, 0.3) is 0 Å². The molecule has 0 saturated heterocycles. The van der Waals surface area contributed by atoms with Gasteiger partial charge in [-0.25, -0.2) is 0 Å². The molecule has 2 N–H and O–H groups in total. The summed E-state index contributed by atoms with van der Waals surface area (Å²) in [5, 5.41) is 15.7. The molecule has 0 aromatic carbocycles. The lowest BCUT2D eigenvalue weighted by Gasteiger charge is -2.39. The summed E-state index contributed by atoms with van der Waals surface area (Å²) in [4.78, 5) is 23.4. The molecule has 104 valence electrons. The number of amides is 1. The monoisotopic (exact) mass is 266 g/mol. The number of aliphatic carboxylic acids is 1. The number of aromatic nitrogens is 1. The number of carbonyl (C=O) groups excluding carboxylic acids is 1. The van der Waals surface area contributed by atoms with Gasteiger partial charge in [-0.15, -0.1) is 0 Å². The van der Waals surface area contributed by atoms with Gasteiger partial charge in [-0.2, -0.15) is 0 Å². The van der Waals surface area contributed by atoms with E-state index in [0.717, 1.165) is 12.8 Å². The largest absolute Gasteiger partial charge is 0.481 e. The van der Waals surface area contributed by atoms with Gasteiger partial charge in [0.05, 0.1) is 11.5 Å². The SMILES string of the molecule is Cc1cc(C(=O)NC2(C)CCCCC2C(=O)O)no1. The molecule has 0 bridgehead atoms. The van der Waals surface area contributed by atoms with Crippen molar-refractivity contribution in [1.29, 1.82) is 0 Å². The standard InChI is InChI=1S/C13H18N2O4/c1-8-7-10(15-19-8)11(16)14-13(2)6-4-3-5-9(13)12(17)18/h7,9H,3-6H2,1-2H3,(H,14,16)(H,17,18). The topological polar surface area (TPSA) is 92.4 Å². The fraction of sp³-hybridized carbons (Fsp3) is 0.615. The van der Waals surface area contributed by atoms with Crippen LogP contribution in [0.2, 0.25) is 0 Å². The van der Waals surface area contributed by atoms with Gasteiger partial charge in [-0.1, -0.05) is 18.0 Å². The van der Waals surface area contributed by atoms with E-state index < -0.39 is 17.4 Å². The van der Waals surface area contributed by atoms with Crippen molar-refractivity contribution in [1.82, 2.24) is 10.5 Å². The van der Waals surface area contributed by atoms with E-state index in [2.05, 4.69) is 10.5 Å². The molecule has 1 aliphatic rings. The van der Waals surface area contributed by atoms with Crippen LogP contribution in [0.15, 0.2) is 10.6 Å². The molecule has 1 amide bonds. The minimum atomic E-state index is -0.862. The van der Waals surface area contributed by atoms with E-state index in [-0.39, 0.29) is 11.6 Å². The highest BCUT2D eigenvalue weighted by Crippen LogP contribution is 2.34. The van der Waals surface area contributed by atoms with Crippen molar-refractivity contribution in [2.24, 2.45) is 5.92 Å². The van der Waals surface area contributed by atoms with E-state index in [4.69, 9.17) is 4.52 Å². The van der Waals surface area contributed by atoms with Crippen molar-refractivity contribution in [3.8, 4) is 0 Å². The lowest BCUT2D eigenvalue weighted by molar-refractivity contribution is -0.145. The summed E-state index contributed by atoms with van der Waals surface area (Å²) >= 11 is 0. The van der Waals surface area contributed by atoms with E-state index >= 15 is 0 Å². The Bertz CT molecular complexity index is 497. The molecule has 1 aromatic rings. The maximum atomic E-state index is 12.1. The van der Waals surface area contributed by atoms with Crippen LogP contribution in [0.5, 0.6) is 0 Å². The third kappa shape index (κ3) is 2.77. The van der Waals surface area contributed by atoms with Crippen LogP contribution in [0.1, 0.15) is 48.9 Å². The third-order valence-electron chi connectivity index (χ3n) is 3.77. The molecule has 19 heavy (non-hydrogen) atoms. The first-order valence-electron chi connectivity index (χ1n) is 6.41. The summed E-state index contributed by atoms with van der Waals surface area (Å²) in [6.07, 6.45) is 3.04. The smallest absolute Gasteiger partial charge is 0.308 e. The summed E-state index contributed by atoms with van der Waals surface area (Å²) < 4.78 is 4.85. The maximum Gasteiger partial charge on any atom is 0.308 e. The van der Waals surface area contributed by atoms with Crippen LogP contribution in [-0.4, -0.2) is 27.7 Å². The zero-order valence-electron chi connectivity index (χ0n) is 11.1. The Morgan fingerprint density at radius 1 is 1.53 bits per heavy atom. The quantitative estimate of drug-likeness (QED) is 0.869. The van der Waals surface area contributed by atoms with Crippen molar-refractivity contribution in [3.05, 3.63) is 17.5 Å². The van der Waals surface area contributed by atoms with E-state index in [1.165, 1.54) is 6.07 Å². The number of nitrogens with one attached hydrogen (secondary N) is 1. The van der Waals surface area contributed by atoms with Crippen molar-refractivity contribution in [3.63, 3.8) is 0 Å². The molecule has 1 aliphatic carbocycles. The molecule has 2 rings (SSSR count). The number of carboxylic acid groups (broad SMARTS) is 1. The summed E-state index contributed by atoms with van der Waals surface area (Å²) in [5.74, 6) is -1.25. The summed E-state index contributed by atoms with van der Waals surface area (Å²) in [7, 11) is 0. The van der Waals surface area contributed by atoms with E-state index in [1.807, 2.05) is 0 Å². The molecule has 6 heteroatoms. The van der Waals surface area contributed by atoms with Gasteiger partial charge in [0, 0.05) is 6.07 Å². The van der Waals surface area contributed by atoms with Crippen LogP contribution in [0.3, 0.4) is 0 Å². The lowest BCUT2D eigenvalue weighted by atomic mass is 9.74. The second-order valence-electron chi connectivity index (χ2n) is 5.33. The fourth-order valence-corrected chi connectivity index (χ4v) is 2.68. The van der Waals surface area contributed by atoms with Gasteiger partial charge in [0.2, 0.25) is 0 Å². The van der Waals surface area contributed by atoms with Gasteiger partial charge < -0.3 is 14.9 Å². The molecule has 0 radical (unpaired) electrons. The number of aryl methyl sites for hydroxylation is 1. The fourth-order valence-electron chi connectivity index (χ4n) is 2.68. The van der Waals surface area contributed by atoms with Crippen molar-refractivity contribution < 1.29 is 19.2 Å². The minimum absolute atomic E-state index is 0.188. The van der Waals surface area contributed by atoms with Crippen LogP contribution in [-0.2, 0) is 4.79 Å². The molecule has 1 fully saturated rings. The summed E-state index contributed by atoms with van der Waals surface area (Å²) in [5.41, 5.74) is -0.540. The van der Waals surface area contributed by atoms with Crippen LogP contribution < -0.4 is 5.32 Å². The molecule has 0 spiro atoms. The first-order valence-corrected chi connectivity index (χ1v) is 6.41. The number of hydrogen-bond acceptors (Lipinski definition) is 4. The molecule has 1 heterocycles. The average Bonchev–Trinajstić information content (AvgIpc) is 2.75. The number of rotatable bonds is 3.